The van der Waals surface area contributed by atoms with Crippen molar-refractivity contribution < 1.29 is 14.7 Å². The molecule has 4 rings (SSSR count). The van der Waals surface area contributed by atoms with Gasteiger partial charge in [0.2, 0.25) is 11.8 Å². The molecule has 1 aromatic carbocycles. The van der Waals surface area contributed by atoms with Crippen molar-refractivity contribution in [2.24, 2.45) is 11.7 Å². The zero-order valence-corrected chi connectivity index (χ0v) is 17.1. The number of aliphatic hydroxyl groups is 1. The minimum atomic E-state index is -0.404. The average Bonchev–Trinajstić information content (AvgIpc) is 3.00. The molecule has 1 aromatic rings. The van der Waals surface area contributed by atoms with Gasteiger partial charge in [0.05, 0.1) is 0 Å². The number of benzene rings is 1. The molecule has 2 aliphatic heterocycles. The van der Waals surface area contributed by atoms with Gasteiger partial charge >= 0.3 is 0 Å². The molecule has 3 atom stereocenters. The lowest BCUT2D eigenvalue weighted by Crippen LogP contribution is -2.51. The Morgan fingerprint density at radius 1 is 1.28 bits per heavy atom. The highest BCUT2D eigenvalue weighted by Crippen LogP contribution is 2.45. The number of hydrogen-bond donors (Lipinski definition) is 3. The maximum absolute atomic E-state index is 12.3. The summed E-state index contributed by atoms with van der Waals surface area (Å²) in [6, 6.07) is 8.24. The number of nitrogens with zero attached hydrogens (tertiary/aromatic N) is 1. The number of piperidine rings is 1. The number of fused-ring (bicyclic) bond motifs is 2. The first kappa shape index (κ1) is 20.4. The fourth-order valence-electron chi connectivity index (χ4n) is 5.52. The molecule has 3 unspecified atom stereocenters. The van der Waals surface area contributed by atoms with Gasteiger partial charge in [-0.1, -0.05) is 18.6 Å². The largest absolute Gasteiger partial charge is 0.387 e. The van der Waals surface area contributed by atoms with Crippen LogP contribution in [0.1, 0.15) is 73.2 Å². The van der Waals surface area contributed by atoms with Gasteiger partial charge in [0.25, 0.3) is 0 Å². The smallest absolute Gasteiger partial charge is 0.248 e. The van der Waals surface area contributed by atoms with E-state index < -0.39 is 6.61 Å². The second kappa shape index (κ2) is 8.44. The summed E-state index contributed by atoms with van der Waals surface area (Å²) < 4.78 is 0. The minimum Gasteiger partial charge on any atom is -0.387 e. The summed E-state index contributed by atoms with van der Waals surface area (Å²) in [5.41, 5.74) is 7.27. The summed E-state index contributed by atoms with van der Waals surface area (Å²) in [5, 5.41) is 13.2. The van der Waals surface area contributed by atoms with Crippen LogP contribution in [0.25, 0.3) is 0 Å². The molecular weight excluding hydrogens is 366 g/mol. The molecule has 158 valence electrons. The number of nitrogens with two attached hydrogens (primary N) is 1. The van der Waals surface area contributed by atoms with Gasteiger partial charge in [0.15, 0.2) is 0 Å². The molecule has 0 aromatic heterocycles. The molecule has 0 radical (unpaired) electrons. The van der Waals surface area contributed by atoms with Crippen molar-refractivity contribution >= 4 is 11.8 Å². The van der Waals surface area contributed by atoms with Gasteiger partial charge in [0.1, 0.15) is 6.61 Å². The molecule has 0 spiro atoms. The average molecular weight is 400 g/mol. The van der Waals surface area contributed by atoms with Crippen molar-refractivity contribution in [1.82, 2.24) is 10.2 Å². The molecule has 2 saturated heterocycles. The first-order chi connectivity index (χ1) is 14.0. The lowest BCUT2D eigenvalue weighted by molar-refractivity contribution is -0.135. The number of rotatable bonds is 8. The van der Waals surface area contributed by atoms with Crippen molar-refractivity contribution in [3.63, 3.8) is 0 Å². The molecule has 29 heavy (non-hydrogen) atoms. The van der Waals surface area contributed by atoms with E-state index in [1.807, 2.05) is 17.0 Å². The molecule has 6 nitrogen and oxygen atoms in total. The lowest BCUT2D eigenvalue weighted by Gasteiger charge is -2.41. The molecule has 4 N–H and O–H groups in total. The van der Waals surface area contributed by atoms with E-state index >= 15 is 0 Å². The van der Waals surface area contributed by atoms with E-state index in [-0.39, 0.29) is 17.4 Å². The van der Waals surface area contributed by atoms with Crippen molar-refractivity contribution in [1.29, 1.82) is 0 Å². The number of primary amides is 1. The highest BCUT2D eigenvalue weighted by atomic mass is 16.3. The highest BCUT2D eigenvalue weighted by molar-refractivity contribution is 5.92. The Bertz CT molecular complexity index is 763. The molecule has 1 saturated carbocycles. The Labute approximate surface area is 172 Å². The monoisotopic (exact) mass is 399 g/mol. The van der Waals surface area contributed by atoms with Gasteiger partial charge in [0, 0.05) is 30.2 Å². The van der Waals surface area contributed by atoms with E-state index in [2.05, 4.69) is 11.4 Å². The van der Waals surface area contributed by atoms with E-state index in [1.54, 1.807) is 6.07 Å². The van der Waals surface area contributed by atoms with Gasteiger partial charge in [-0.2, -0.15) is 0 Å². The highest BCUT2D eigenvalue weighted by Gasteiger charge is 2.45. The summed E-state index contributed by atoms with van der Waals surface area (Å²) >= 11 is 0. The number of amides is 2. The normalized spacial score (nSPS) is 28.7. The number of nitrogens with one attached hydrogen (secondary N) is 1. The van der Waals surface area contributed by atoms with E-state index in [4.69, 9.17) is 5.73 Å². The summed E-state index contributed by atoms with van der Waals surface area (Å²) in [5.74, 6) is 0.469. The third-order valence-corrected chi connectivity index (χ3v) is 7.38. The van der Waals surface area contributed by atoms with E-state index in [0.717, 1.165) is 38.6 Å². The van der Waals surface area contributed by atoms with Crippen LogP contribution < -0.4 is 11.1 Å². The van der Waals surface area contributed by atoms with Crippen LogP contribution in [0.2, 0.25) is 0 Å². The van der Waals surface area contributed by atoms with Gasteiger partial charge in [-0.15, -0.1) is 0 Å². The van der Waals surface area contributed by atoms with Crippen LogP contribution in [0, 0.1) is 5.92 Å². The Kier molecular flexibility index (Phi) is 5.93. The zero-order chi connectivity index (χ0) is 20.4. The third kappa shape index (κ3) is 4.48. The zero-order valence-electron chi connectivity index (χ0n) is 17.1. The summed E-state index contributed by atoms with van der Waals surface area (Å²) in [6.45, 7) is 1.07. The van der Waals surface area contributed by atoms with Crippen LogP contribution in [0.5, 0.6) is 0 Å². The van der Waals surface area contributed by atoms with E-state index in [0.29, 0.717) is 30.0 Å². The van der Waals surface area contributed by atoms with Crippen molar-refractivity contribution in [3.05, 3.63) is 35.4 Å². The minimum absolute atomic E-state index is 0.0317. The van der Waals surface area contributed by atoms with Crippen LogP contribution in [0.15, 0.2) is 24.3 Å². The van der Waals surface area contributed by atoms with Crippen LogP contribution >= 0.6 is 0 Å². The first-order valence-corrected chi connectivity index (χ1v) is 11.0. The number of hydrogen-bond acceptors (Lipinski definition) is 4. The second-order valence-corrected chi connectivity index (χ2v) is 9.33. The lowest BCUT2D eigenvalue weighted by atomic mass is 9.77. The molecule has 3 fully saturated rings. The maximum Gasteiger partial charge on any atom is 0.248 e. The van der Waals surface area contributed by atoms with Crippen molar-refractivity contribution in [2.75, 3.05) is 19.7 Å². The standard InChI is InChI=1S/C23H33N3O3/c24-22(29)18-6-2-5-17(11-18)19-12-20-7-8-23(13-19,25-20)9-10-26(21(28)15-27)14-16-3-1-4-16/h2,5-6,11,16,19-20,25,27H,1,3-4,7-10,12-15H2,(H2,24,29). The molecule has 2 bridgehead atoms. The summed E-state index contributed by atoms with van der Waals surface area (Å²) in [7, 11) is 0. The summed E-state index contributed by atoms with van der Waals surface area (Å²) in [6.07, 6.45) is 8.91. The second-order valence-electron chi connectivity index (χ2n) is 9.33. The Balaban J connectivity index is 1.44. The molecule has 1 aliphatic carbocycles. The number of aliphatic hydroxyl groups excluding tert-OH is 1. The SMILES string of the molecule is NC(=O)c1cccc(C2CC3CCC(CCN(CC4CCC4)C(=O)CO)(C2)N3)c1. The van der Waals surface area contributed by atoms with Gasteiger partial charge in [-0.25, -0.2) is 0 Å². The molecule has 3 aliphatic rings. The van der Waals surface area contributed by atoms with Gasteiger partial charge < -0.3 is 21.1 Å². The van der Waals surface area contributed by atoms with Gasteiger partial charge in [-0.3, -0.25) is 9.59 Å². The predicted octanol–water partition coefficient (Wildman–Crippen LogP) is 2.16. The molecule has 2 amide bonds. The number of carbonyl (C=O) groups is 2. The number of carbonyl (C=O) groups excluding carboxylic acids is 2. The van der Waals surface area contributed by atoms with E-state index in [1.165, 1.54) is 24.8 Å². The quantitative estimate of drug-likeness (QED) is 0.624. The Morgan fingerprint density at radius 2 is 2.10 bits per heavy atom. The van der Waals surface area contributed by atoms with Crippen LogP contribution in [-0.4, -0.2) is 53.1 Å². The third-order valence-electron chi connectivity index (χ3n) is 7.38. The Morgan fingerprint density at radius 3 is 2.79 bits per heavy atom. The van der Waals surface area contributed by atoms with E-state index in [9.17, 15) is 14.7 Å². The van der Waals surface area contributed by atoms with Crippen LogP contribution in [0.4, 0.5) is 0 Å². The Hall–Kier alpha value is -1.92. The fraction of sp³-hybridized carbons (Fsp3) is 0.652. The first-order valence-electron chi connectivity index (χ1n) is 11.0. The molecular formula is C23H33N3O3. The van der Waals surface area contributed by atoms with Crippen molar-refractivity contribution in [3.8, 4) is 0 Å². The predicted molar refractivity (Wildman–Crippen MR) is 111 cm³/mol. The molecule has 6 heteroatoms. The van der Waals surface area contributed by atoms with Crippen molar-refractivity contribution in [2.45, 2.75) is 68.9 Å². The van der Waals surface area contributed by atoms with Crippen LogP contribution in [0.3, 0.4) is 0 Å². The fourth-order valence-corrected chi connectivity index (χ4v) is 5.52. The summed E-state index contributed by atoms with van der Waals surface area (Å²) in [4.78, 5) is 25.7. The van der Waals surface area contributed by atoms with Gasteiger partial charge in [-0.05, 0) is 74.5 Å². The van der Waals surface area contributed by atoms with Crippen LogP contribution in [-0.2, 0) is 4.79 Å². The topological polar surface area (TPSA) is 95.7 Å². The maximum atomic E-state index is 12.3. The molecule has 2 heterocycles.